The number of benzene rings is 1. The van der Waals surface area contributed by atoms with E-state index in [4.69, 9.17) is 4.74 Å². The van der Waals surface area contributed by atoms with Crippen molar-refractivity contribution in [3.63, 3.8) is 0 Å². The molecule has 0 aliphatic rings. The maximum absolute atomic E-state index is 11.6. The monoisotopic (exact) mass is 389 g/mol. The second kappa shape index (κ2) is 10.9. The van der Waals surface area contributed by atoms with Crippen LogP contribution in [0.25, 0.3) is 0 Å². The standard InChI is InChI=1S/C16H24INO2/c1-14-7-6-8-15(13-14)20-12-9-16(19)18-11-5-3-2-4-10-17/h6-8,13H,2-5,9-12H2,1H3,(H,18,19). The lowest BCUT2D eigenvalue weighted by molar-refractivity contribution is -0.121. The third kappa shape index (κ3) is 8.40. The van der Waals surface area contributed by atoms with Crippen LogP contribution in [0.15, 0.2) is 24.3 Å². The number of halogens is 1. The molecule has 112 valence electrons. The smallest absolute Gasteiger partial charge is 0.223 e. The van der Waals surface area contributed by atoms with Crippen molar-refractivity contribution < 1.29 is 9.53 Å². The molecule has 1 N–H and O–H groups in total. The second-order valence-corrected chi connectivity index (χ2v) is 5.95. The molecule has 1 rings (SSSR count). The highest BCUT2D eigenvalue weighted by molar-refractivity contribution is 14.1. The summed E-state index contributed by atoms with van der Waals surface area (Å²) in [6.07, 6.45) is 5.22. The van der Waals surface area contributed by atoms with Gasteiger partial charge in [-0.05, 0) is 41.9 Å². The minimum Gasteiger partial charge on any atom is -0.493 e. The molecule has 0 radical (unpaired) electrons. The van der Waals surface area contributed by atoms with Gasteiger partial charge in [-0.2, -0.15) is 0 Å². The highest BCUT2D eigenvalue weighted by atomic mass is 127. The Kier molecular flexibility index (Phi) is 9.45. The van der Waals surface area contributed by atoms with Crippen LogP contribution < -0.4 is 10.1 Å². The minimum atomic E-state index is 0.0755. The molecule has 0 saturated heterocycles. The molecule has 0 unspecified atom stereocenters. The molecule has 0 aliphatic heterocycles. The lowest BCUT2D eigenvalue weighted by Gasteiger charge is -2.07. The lowest BCUT2D eigenvalue weighted by Crippen LogP contribution is -2.25. The molecule has 0 atom stereocenters. The molecule has 3 nitrogen and oxygen atoms in total. The third-order valence-corrected chi connectivity index (χ3v) is 3.73. The Morgan fingerprint density at radius 2 is 2.05 bits per heavy atom. The van der Waals surface area contributed by atoms with Gasteiger partial charge in [0.25, 0.3) is 0 Å². The second-order valence-electron chi connectivity index (χ2n) is 4.87. The first-order chi connectivity index (χ1) is 9.72. The quantitative estimate of drug-likeness (QED) is 0.375. The third-order valence-electron chi connectivity index (χ3n) is 2.97. The first kappa shape index (κ1) is 17.3. The number of nitrogens with one attached hydrogen (secondary N) is 1. The molecule has 0 spiro atoms. The van der Waals surface area contributed by atoms with Gasteiger partial charge in [-0.3, -0.25) is 4.79 Å². The summed E-state index contributed by atoms with van der Waals surface area (Å²) in [6.45, 7) is 3.24. The van der Waals surface area contributed by atoms with E-state index < -0.39 is 0 Å². The van der Waals surface area contributed by atoms with Crippen molar-refractivity contribution in [1.29, 1.82) is 0 Å². The van der Waals surface area contributed by atoms with Crippen LogP contribution in [0.2, 0.25) is 0 Å². The Bertz CT molecular complexity index is 396. The summed E-state index contributed by atoms with van der Waals surface area (Å²) in [5.74, 6) is 0.906. The van der Waals surface area contributed by atoms with Gasteiger partial charge in [0.15, 0.2) is 0 Å². The first-order valence-corrected chi connectivity index (χ1v) is 8.77. The van der Waals surface area contributed by atoms with Crippen LogP contribution in [0.5, 0.6) is 5.75 Å². The lowest BCUT2D eigenvalue weighted by atomic mass is 10.2. The number of ether oxygens (including phenoxy) is 1. The van der Waals surface area contributed by atoms with Crippen LogP contribution in [-0.4, -0.2) is 23.5 Å². The zero-order valence-corrected chi connectivity index (χ0v) is 14.3. The summed E-state index contributed by atoms with van der Waals surface area (Å²) in [4.78, 5) is 11.6. The van der Waals surface area contributed by atoms with E-state index in [1.807, 2.05) is 31.2 Å². The topological polar surface area (TPSA) is 38.3 Å². The van der Waals surface area contributed by atoms with Gasteiger partial charge in [0.2, 0.25) is 5.91 Å². The zero-order chi connectivity index (χ0) is 14.6. The molecule has 0 fully saturated rings. The fourth-order valence-electron chi connectivity index (χ4n) is 1.86. The van der Waals surface area contributed by atoms with E-state index >= 15 is 0 Å². The predicted molar refractivity (Wildman–Crippen MR) is 91.7 cm³/mol. The van der Waals surface area contributed by atoms with Crippen LogP contribution >= 0.6 is 22.6 Å². The van der Waals surface area contributed by atoms with Gasteiger partial charge in [0.05, 0.1) is 13.0 Å². The summed E-state index contributed by atoms with van der Waals surface area (Å²) in [6, 6.07) is 7.88. The number of unbranched alkanes of at least 4 members (excludes halogenated alkanes) is 3. The van der Waals surface area contributed by atoms with Gasteiger partial charge in [-0.25, -0.2) is 0 Å². The summed E-state index contributed by atoms with van der Waals surface area (Å²) in [5.41, 5.74) is 1.17. The Hall–Kier alpha value is -0.780. The van der Waals surface area contributed by atoms with Crippen molar-refractivity contribution >= 4 is 28.5 Å². The van der Waals surface area contributed by atoms with Gasteiger partial charge in [-0.1, -0.05) is 47.6 Å². The molecule has 0 bridgehead atoms. The summed E-state index contributed by atoms with van der Waals surface area (Å²) in [5, 5.41) is 2.94. The van der Waals surface area contributed by atoms with Crippen LogP contribution in [0, 0.1) is 6.92 Å². The van der Waals surface area contributed by atoms with Gasteiger partial charge in [-0.15, -0.1) is 0 Å². The van der Waals surface area contributed by atoms with Gasteiger partial charge >= 0.3 is 0 Å². The summed E-state index contributed by atoms with van der Waals surface area (Å²) < 4.78 is 6.78. The fourth-order valence-corrected chi connectivity index (χ4v) is 2.40. The van der Waals surface area contributed by atoms with Crippen molar-refractivity contribution in [2.24, 2.45) is 0 Å². The fraction of sp³-hybridized carbons (Fsp3) is 0.562. The number of alkyl halides is 1. The highest BCUT2D eigenvalue weighted by Crippen LogP contribution is 2.12. The molecule has 4 heteroatoms. The maximum atomic E-state index is 11.6. The number of rotatable bonds is 10. The van der Waals surface area contributed by atoms with Crippen molar-refractivity contribution in [2.45, 2.75) is 39.0 Å². The van der Waals surface area contributed by atoms with Gasteiger partial charge in [0, 0.05) is 6.54 Å². The molecule has 20 heavy (non-hydrogen) atoms. The minimum absolute atomic E-state index is 0.0755. The molecule has 1 aromatic rings. The normalized spacial score (nSPS) is 10.3. The van der Waals surface area contributed by atoms with Crippen LogP contribution in [-0.2, 0) is 4.79 Å². The number of aryl methyl sites for hydroxylation is 1. The molecular formula is C16H24INO2. The Labute approximate surface area is 135 Å². The largest absolute Gasteiger partial charge is 0.493 e. The molecule has 1 aromatic carbocycles. The number of amides is 1. The zero-order valence-electron chi connectivity index (χ0n) is 12.2. The number of carbonyl (C=O) groups excluding carboxylic acids is 1. The average Bonchev–Trinajstić information content (AvgIpc) is 2.43. The summed E-state index contributed by atoms with van der Waals surface area (Å²) in [7, 11) is 0. The number of carbonyl (C=O) groups is 1. The van der Waals surface area contributed by atoms with E-state index in [2.05, 4.69) is 27.9 Å². The predicted octanol–water partition coefficient (Wildman–Crippen LogP) is 3.88. The van der Waals surface area contributed by atoms with E-state index in [1.54, 1.807) is 0 Å². The Morgan fingerprint density at radius 3 is 2.80 bits per heavy atom. The van der Waals surface area contributed by atoms with E-state index in [1.165, 1.54) is 29.3 Å². The van der Waals surface area contributed by atoms with E-state index in [0.29, 0.717) is 13.0 Å². The van der Waals surface area contributed by atoms with Crippen LogP contribution in [0.1, 0.15) is 37.7 Å². The van der Waals surface area contributed by atoms with Crippen molar-refractivity contribution in [3.8, 4) is 5.75 Å². The van der Waals surface area contributed by atoms with Crippen LogP contribution in [0.3, 0.4) is 0 Å². The molecule has 0 heterocycles. The van der Waals surface area contributed by atoms with E-state index in [0.717, 1.165) is 18.7 Å². The number of hydrogen-bond donors (Lipinski definition) is 1. The molecule has 0 saturated carbocycles. The van der Waals surface area contributed by atoms with Crippen LogP contribution in [0.4, 0.5) is 0 Å². The molecule has 1 amide bonds. The Morgan fingerprint density at radius 1 is 1.25 bits per heavy atom. The molecule has 0 aromatic heterocycles. The van der Waals surface area contributed by atoms with Gasteiger partial charge < -0.3 is 10.1 Å². The van der Waals surface area contributed by atoms with E-state index in [-0.39, 0.29) is 5.91 Å². The summed E-state index contributed by atoms with van der Waals surface area (Å²) >= 11 is 2.40. The molecular weight excluding hydrogens is 365 g/mol. The first-order valence-electron chi connectivity index (χ1n) is 7.24. The average molecular weight is 389 g/mol. The van der Waals surface area contributed by atoms with Crippen molar-refractivity contribution in [1.82, 2.24) is 5.32 Å². The number of hydrogen-bond acceptors (Lipinski definition) is 2. The van der Waals surface area contributed by atoms with Crippen molar-refractivity contribution in [2.75, 3.05) is 17.6 Å². The SMILES string of the molecule is Cc1cccc(OCCC(=O)NCCCCCCI)c1. The molecule has 0 aliphatic carbocycles. The maximum Gasteiger partial charge on any atom is 0.223 e. The van der Waals surface area contributed by atoms with Crippen molar-refractivity contribution in [3.05, 3.63) is 29.8 Å². The highest BCUT2D eigenvalue weighted by Gasteiger charge is 2.01. The van der Waals surface area contributed by atoms with Gasteiger partial charge in [0.1, 0.15) is 5.75 Å². The Balaban J connectivity index is 2.03. The van der Waals surface area contributed by atoms with E-state index in [9.17, 15) is 4.79 Å².